The quantitative estimate of drug-likeness (QED) is 0.868. The standard InChI is InChI=1S/C15H17NO2/c1-2-5-11-8-16-9-12(10-17)15(11)13-6-3-4-7-14(13)18/h3-4,6-9,17-18H,2,5,10H2,1H3. The van der Waals surface area contributed by atoms with Gasteiger partial charge in [0.2, 0.25) is 0 Å². The van der Waals surface area contributed by atoms with Gasteiger partial charge in [0.05, 0.1) is 6.61 Å². The van der Waals surface area contributed by atoms with Gasteiger partial charge in [-0.25, -0.2) is 0 Å². The number of rotatable bonds is 4. The second-order valence-corrected chi connectivity index (χ2v) is 4.26. The van der Waals surface area contributed by atoms with Gasteiger partial charge in [-0.1, -0.05) is 31.5 Å². The van der Waals surface area contributed by atoms with Gasteiger partial charge in [0.1, 0.15) is 5.75 Å². The van der Waals surface area contributed by atoms with Crippen molar-refractivity contribution in [3.05, 3.63) is 47.8 Å². The molecule has 1 aromatic heterocycles. The molecule has 18 heavy (non-hydrogen) atoms. The van der Waals surface area contributed by atoms with Gasteiger partial charge in [0.15, 0.2) is 0 Å². The molecule has 1 aromatic carbocycles. The molecule has 0 aliphatic carbocycles. The summed E-state index contributed by atoms with van der Waals surface area (Å²) in [6, 6.07) is 7.19. The van der Waals surface area contributed by atoms with Crippen LogP contribution >= 0.6 is 0 Å². The molecule has 0 unspecified atom stereocenters. The lowest BCUT2D eigenvalue weighted by Crippen LogP contribution is -1.98. The van der Waals surface area contributed by atoms with Gasteiger partial charge < -0.3 is 10.2 Å². The highest BCUT2D eigenvalue weighted by Crippen LogP contribution is 2.34. The van der Waals surface area contributed by atoms with E-state index >= 15 is 0 Å². The lowest BCUT2D eigenvalue weighted by atomic mass is 9.94. The fourth-order valence-corrected chi connectivity index (χ4v) is 2.16. The number of aromatic hydroxyl groups is 1. The molecule has 0 fully saturated rings. The molecule has 0 aliphatic heterocycles. The van der Waals surface area contributed by atoms with Gasteiger partial charge >= 0.3 is 0 Å². The minimum Gasteiger partial charge on any atom is -0.507 e. The summed E-state index contributed by atoms with van der Waals surface area (Å²) in [5.74, 6) is 0.232. The number of nitrogens with zero attached hydrogens (tertiary/aromatic N) is 1. The normalized spacial score (nSPS) is 10.6. The minimum atomic E-state index is -0.0752. The number of para-hydroxylation sites is 1. The van der Waals surface area contributed by atoms with E-state index in [2.05, 4.69) is 11.9 Å². The number of aliphatic hydroxyl groups excluding tert-OH is 1. The van der Waals surface area contributed by atoms with Crippen molar-refractivity contribution in [1.82, 2.24) is 4.98 Å². The average molecular weight is 243 g/mol. The molecule has 3 heteroatoms. The number of aromatic nitrogens is 1. The zero-order chi connectivity index (χ0) is 13.0. The lowest BCUT2D eigenvalue weighted by Gasteiger charge is -2.14. The second kappa shape index (κ2) is 5.65. The van der Waals surface area contributed by atoms with Crippen molar-refractivity contribution < 1.29 is 10.2 Å². The Kier molecular flexibility index (Phi) is 3.95. The van der Waals surface area contributed by atoms with Crippen LogP contribution < -0.4 is 0 Å². The van der Waals surface area contributed by atoms with Crippen LogP contribution in [0.15, 0.2) is 36.7 Å². The Labute approximate surface area is 107 Å². The second-order valence-electron chi connectivity index (χ2n) is 4.26. The van der Waals surface area contributed by atoms with Crippen LogP contribution in [0.1, 0.15) is 24.5 Å². The van der Waals surface area contributed by atoms with Crippen molar-refractivity contribution in [2.24, 2.45) is 0 Å². The van der Waals surface area contributed by atoms with Crippen molar-refractivity contribution in [3.63, 3.8) is 0 Å². The zero-order valence-electron chi connectivity index (χ0n) is 10.4. The van der Waals surface area contributed by atoms with Crippen LogP contribution in [-0.2, 0) is 13.0 Å². The van der Waals surface area contributed by atoms with Gasteiger partial charge in [0.25, 0.3) is 0 Å². The van der Waals surface area contributed by atoms with Crippen LogP contribution in [-0.4, -0.2) is 15.2 Å². The molecule has 1 heterocycles. The van der Waals surface area contributed by atoms with Gasteiger partial charge in [-0.15, -0.1) is 0 Å². The molecule has 0 amide bonds. The highest BCUT2D eigenvalue weighted by atomic mass is 16.3. The third-order valence-corrected chi connectivity index (χ3v) is 2.97. The molecule has 0 aliphatic rings. The van der Waals surface area contributed by atoms with Crippen molar-refractivity contribution in [1.29, 1.82) is 0 Å². The number of aliphatic hydroxyl groups is 1. The molecule has 0 bridgehead atoms. The van der Waals surface area contributed by atoms with Gasteiger partial charge in [0, 0.05) is 23.5 Å². The molecule has 2 rings (SSSR count). The highest BCUT2D eigenvalue weighted by molar-refractivity contribution is 5.75. The van der Waals surface area contributed by atoms with Crippen LogP contribution in [0.3, 0.4) is 0 Å². The number of benzene rings is 1. The Morgan fingerprint density at radius 1 is 1.11 bits per heavy atom. The van der Waals surface area contributed by atoms with Gasteiger partial charge in [-0.3, -0.25) is 4.98 Å². The number of hydrogen-bond donors (Lipinski definition) is 2. The first-order chi connectivity index (χ1) is 8.77. The minimum absolute atomic E-state index is 0.0752. The van der Waals surface area contributed by atoms with Gasteiger partial charge in [-0.05, 0) is 23.6 Å². The summed E-state index contributed by atoms with van der Waals surface area (Å²) in [7, 11) is 0. The van der Waals surface area contributed by atoms with E-state index in [1.54, 1.807) is 18.3 Å². The van der Waals surface area contributed by atoms with Crippen LogP contribution in [0.25, 0.3) is 11.1 Å². The Balaban J connectivity index is 2.64. The Hall–Kier alpha value is -1.87. The van der Waals surface area contributed by atoms with Crippen LogP contribution in [0.5, 0.6) is 5.75 Å². The van der Waals surface area contributed by atoms with Crippen LogP contribution in [0.4, 0.5) is 0 Å². The van der Waals surface area contributed by atoms with E-state index in [1.165, 1.54) is 0 Å². The van der Waals surface area contributed by atoms with Crippen molar-refractivity contribution in [2.45, 2.75) is 26.4 Å². The van der Waals surface area contributed by atoms with Gasteiger partial charge in [-0.2, -0.15) is 0 Å². The zero-order valence-corrected chi connectivity index (χ0v) is 10.4. The number of pyridine rings is 1. The third kappa shape index (κ3) is 2.36. The van der Waals surface area contributed by atoms with E-state index < -0.39 is 0 Å². The summed E-state index contributed by atoms with van der Waals surface area (Å²) >= 11 is 0. The number of hydrogen-bond acceptors (Lipinski definition) is 3. The summed E-state index contributed by atoms with van der Waals surface area (Å²) in [5.41, 5.74) is 3.48. The first-order valence-electron chi connectivity index (χ1n) is 6.13. The monoisotopic (exact) mass is 243 g/mol. The summed E-state index contributed by atoms with van der Waals surface area (Å²) in [6.07, 6.45) is 5.34. The maximum absolute atomic E-state index is 9.97. The molecular weight excluding hydrogens is 226 g/mol. The average Bonchev–Trinajstić information content (AvgIpc) is 2.40. The van der Waals surface area contributed by atoms with Crippen LogP contribution in [0, 0.1) is 0 Å². The maximum Gasteiger partial charge on any atom is 0.123 e. The summed E-state index contributed by atoms with van der Waals surface area (Å²) in [4.78, 5) is 4.15. The molecule has 2 N–H and O–H groups in total. The predicted molar refractivity (Wildman–Crippen MR) is 71.3 cm³/mol. The molecule has 0 saturated heterocycles. The SMILES string of the molecule is CCCc1cncc(CO)c1-c1ccccc1O. The number of aryl methyl sites for hydroxylation is 1. The van der Waals surface area contributed by atoms with E-state index in [1.807, 2.05) is 18.3 Å². The molecule has 0 atom stereocenters. The molecule has 0 radical (unpaired) electrons. The number of phenolic OH excluding ortho intramolecular Hbond substituents is 1. The first kappa shape index (κ1) is 12.6. The third-order valence-electron chi connectivity index (χ3n) is 2.97. The first-order valence-corrected chi connectivity index (χ1v) is 6.13. The topological polar surface area (TPSA) is 53.4 Å². The van der Waals surface area contributed by atoms with E-state index in [-0.39, 0.29) is 12.4 Å². The fourth-order valence-electron chi connectivity index (χ4n) is 2.16. The van der Waals surface area contributed by atoms with E-state index in [4.69, 9.17) is 0 Å². The predicted octanol–water partition coefficient (Wildman–Crippen LogP) is 2.90. The Bertz CT molecular complexity index is 538. The largest absolute Gasteiger partial charge is 0.507 e. The van der Waals surface area contributed by atoms with E-state index in [0.717, 1.165) is 35.1 Å². The van der Waals surface area contributed by atoms with Crippen LogP contribution in [0.2, 0.25) is 0 Å². The lowest BCUT2D eigenvalue weighted by molar-refractivity contribution is 0.282. The molecule has 0 saturated carbocycles. The maximum atomic E-state index is 9.97. The smallest absolute Gasteiger partial charge is 0.123 e. The molecule has 0 spiro atoms. The molecule has 3 nitrogen and oxygen atoms in total. The highest BCUT2D eigenvalue weighted by Gasteiger charge is 2.13. The summed E-state index contributed by atoms with van der Waals surface area (Å²) < 4.78 is 0. The summed E-state index contributed by atoms with van der Waals surface area (Å²) in [5, 5.41) is 19.4. The molecule has 94 valence electrons. The number of phenols is 1. The molecule has 2 aromatic rings. The summed E-state index contributed by atoms with van der Waals surface area (Å²) in [6.45, 7) is 2.02. The molecular formula is C15H17NO2. The Morgan fingerprint density at radius 3 is 2.50 bits per heavy atom. The van der Waals surface area contributed by atoms with Crippen molar-refractivity contribution >= 4 is 0 Å². The van der Waals surface area contributed by atoms with Crippen molar-refractivity contribution in [2.75, 3.05) is 0 Å². The fraction of sp³-hybridized carbons (Fsp3) is 0.267. The Morgan fingerprint density at radius 2 is 1.83 bits per heavy atom. The van der Waals surface area contributed by atoms with Crippen molar-refractivity contribution in [3.8, 4) is 16.9 Å². The van der Waals surface area contributed by atoms with E-state index in [9.17, 15) is 10.2 Å². The van der Waals surface area contributed by atoms with E-state index in [0.29, 0.717) is 0 Å².